The van der Waals surface area contributed by atoms with Crippen molar-refractivity contribution in [2.75, 3.05) is 0 Å². The van der Waals surface area contributed by atoms with Gasteiger partial charge in [-0.05, 0) is 29.0 Å². The number of phenols is 1. The Kier molecular flexibility index (Phi) is 3.24. The molecule has 0 amide bonds. The van der Waals surface area contributed by atoms with E-state index in [0.29, 0.717) is 0 Å². The monoisotopic (exact) mass is 298 g/mol. The van der Waals surface area contributed by atoms with E-state index in [1.807, 2.05) is 60.7 Å². The molecule has 1 aromatic heterocycles. The van der Waals surface area contributed by atoms with Crippen molar-refractivity contribution in [3.05, 3.63) is 78.5 Å². The lowest BCUT2D eigenvalue weighted by molar-refractivity contribution is 0.475. The molecule has 0 radical (unpaired) electrons. The van der Waals surface area contributed by atoms with E-state index in [4.69, 9.17) is 0 Å². The van der Waals surface area contributed by atoms with Gasteiger partial charge in [-0.1, -0.05) is 48.5 Å². The van der Waals surface area contributed by atoms with E-state index in [1.54, 1.807) is 18.5 Å². The molecule has 4 rings (SSSR count). The second-order valence-electron chi connectivity index (χ2n) is 5.36. The molecule has 0 spiro atoms. The Labute approximate surface area is 133 Å². The molecule has 1 heterocycles. The van der Waals surface area contributed by atoms with Crippen molar-refractivity contribution in [2.45, 2.75) is 0 Å². The molecular weight excluding hydrogens is 284 g/mol. The zero-order valence-electron chi connectivity index (χ0n) is 12.3. The summed E-state index contributed by atoms with van der Waals surface area (Å²) in [5.74, 6) is 0.223. The van der Waals surface area contributed by atoms with Crippen molar-refractivity contribution >= 4 is 33.6 Å². The van der Waals surface area contributed by atoms with Crippen molar-refractivity contribution in [2.24, 2.45) is 4.99 Å². The number of nitrogens with zero attached hydrogens (tertiary/aromatic N) is 2. The highest BCUT2D eigenvalue weighted by atomic mass is 16.3. The Hall–Kier alpha value is -3.20. The van der Waals surface area contributed by atoms with Crippen LogP contribution in [0.2, 0.25) is 0 Å². The second-order valence-corrected chi connectivity index (χ2v) is 5.36. The van der Waals surface area contributed by atoms with Crippen molar-refractivity contribution < 1.29 is 5.11 Å². The summed E-state index contributed by atoms with van der Waals surface area (Å²) in [4.78, 5) is 8.89. The van der Waals surface area contributed by atoms with Crippen LogP contribution in [0.5, 0.6) is 5.75 Å². The largest absolute Gasteiger partial charge is 0.507 e. The SMILES string of the molecule is Oc1ccc2ccccc2c1C=Nc1cnc2ccccc2c1. The minimum absolute atomic E-state index is 0.223. The summed E-state index contributed by atoms with van der Waals surface area (Å²) in [5.41, 5.74) is 2.42. The number of fused-ring (bicyclic) bond motifs is 2. The van der Waals surface area contributed by atoms with E-state index < -0.39 is 0 Å². The van der Waals surface area contributed by atoms with Crippen LogP contribution in [0.4, 0.5) is 5.69 Å². The molecule has 3 heteroatoms. The van der Waals surface area contributed by atoms with E-state index in [0.717, 1.165) is 32.9 Å². The number of benzene rings is 3. The zero-order valence-corrected chi connectivity index (χ0v) is 12.3. The minimum atomic E-state index is 0.223. The first-order valence-corrected chi connectivity index (χ1v) is 7.41. The Bertz CT molecular complexity index is 1040. The third kappa shape index (κ3) is 2.53. The standard InChI is InChI=1S/C20H14N2O/c23-20-10-9-14-5-1-3-7-17(14)18(20)13-21-16-11-15-6-2-4-8-19(15)22-12-16/h1-13,23H. The van der Waals surface area contributed by atoms with Crippen LogP contribution < -0.4 is 0 Å². The third-order valence-corrected chi connectivity index (χ3v) is 3.87. The molecule has 0 fully saturated rings. The highest BCUT2D eigenvalue weighted by Crippen LogP contribution is 2.26. The summed E-state index contributed by atoms with van der Waals surface area (Å²) in [6.45, 7) is 0. The summed E-state index contributed by atoms with van der Waals surface area (Å²) in [5, 5.41) is 13.2. The topological polar surface area (TPSA) is 45.5 Å². The molecule has 0 aliphatic rings. The maximum Gasteiger partial charge on any atom is 0.124 e. The third-order valence-electron chi connectivity index (χ3n) is 3.87. The van der Waals surface area contributed by atoms with E-state index >= 15 is 0 Å². The van der Waals surface area contributed by atoms with Crippen LogP contribution in [0.25, 0.3) is 21.7 Å². The Morgan fingerprint density at radius 2 is 1.65 bits per heavy atom. The average molecular weight is 298 g/mol. The summed E-state index contributed by atoms with van der Waals surface area (Å²) in [7, 11) is 0. The molecule has 4 aromatic rings. The zero-order chi connectivity index (χ0) is 15.6. The number of aromatic nitrogens is 1. The fourth-order valence-electron chi connectivity index (χ4n) is 2.69. The Balaban J connectivity index is 1.79. The summed E-state index contributed by atoms with van der Waals surface area (Å²) >= 11 is 0. The van der Waals surface area contributed by atoms with Gasteiger partial charge in [0.15, 0.2) is 0 Å². The average Bonchev–Trinajstić information content (AvgIpc) is 2.61. The van der Waals surface area contributed by atoms with Crippen LogP contribution in [0.15, 0.2) is 77.9 Å². The molecule has 0 aliphatic carbocycles. The molecular formula is C20H14N2O. The molecule has 23 heavy (non-hydrogen) atoms. The molecule has 1 N–H and O–H groups in total. The maximum atomic E-state index is 10.2. The van der Waals surface area contributed by atoms with Crippen molar-refractivity contribution in [3.8, 4) is 5.75 Å². The van der Waals surface area contributed by atoms with Gasteiger partial charge in [-0.3, -0.25) is 9.98 Å². The highest BCUT2D eigenvalue weighted by Gasteiger charge is 2.04. The molecule has 0 saturated heterocycles. The maximum absolute atomic E-state index is 10.2. The predicted octanol–water partition coefficient (Wildman–Crippen LogP) is 4.84. The van der Waals surface area contributed by atoms with Crippen molar-refractivity contribution in [3.63, 3.8) is 0 Å². The van der Waals surface area contributed by atoms with Gasteiger partial charge >= 0.3 is 0 Å². The van der Waals surface area contributed by atoms with E-state index in [9.17, 15) is 5.11 Å². The normalized spacial score (nSPS) is 11.5. The molecule has 0 atom stereocenters. The minimum Gasteiger partial charge on any atom is -0.507 e. The lowest BCUT2D eigenvalue weighted by Crippen LogP contribution is -1.86. The van der Waals surface area contributed by atoms with E-state index in [2.05, 4.69) is 9.98 Å². The summed E-state index contributed by atoms with van der Waals surface area (Å²) in [6.07, 6.45) is 3.43. The van der Waals surface area contributed by atoms with Crippen LogP contribution in [0.3, 0.4) is 0 Å². The van der Waals surface area contributed by atoms with Gasteiger partial charge in [-0.25, -0.2) is 0 Å². The molecule has 0 bridgehead atoms. The first-order chi connectivity index (χ1) is 11.3. The van der Waals surface area contributed by atoms with Crippen LogP contribution >= 0.6 is 0 Å². The van der Waals surface area contributed by atoms with Gasteiger partial charge in [-0.2, -0.15) is 0 Å². The van der Waals surface area contributed by atoms with Crippen LogP contribution in [0.1, 0.15) is 5.56 Å². The van der Waals surface area contributed by atoms with Crippen LogP contribution in [-0.4, -0.2) is 16.3 Å². The van der Waals surface area contributed by atoms with Gasteiger partial charge in [0.05, 0.1) is 17.4 Å². The fourth-order valence-corrected chi connectivity index (χ4v) is 2.69. The van der Waals surface area contributed by atoms with Crippen LogP contribution in [-0.2, 0) is 0 Å². The Morgan fingerprint density at radius 3 is 2.57 bits per heavy atom. The predicted molar refractivity (Wildman–Crippen MR) is 94.6 cm³/mol. The van der Waals surface area contributed by atoms with Gasteiger partial charge in [0.2, 0.25) is 0 Å². The van der Waals surface area contributed by atoms with E-state index in [1.165, 1.54) is 0 Å². The number of rotatable bonds is 2. The van der Waals surface area contributed by atoms with Gasteiger partial charge in [-0.15, -0.1) is 0 Å². The molecule has 3 nitrogen and oxygen atoms in total. The molecule has 0 saturated carbocycles. The van der Waals surface area contributed by atoms with Gasteiger partial charge in [0.25, 0.3) is 0 Å². The lowest BCUT2D eigenvalue weighted by Gasteiger charge is -2.04. The molecule has 110 valence electrons. The van der Waals surface area contributed by atoms with Gasteiger partial charge in [0, 0.05) is 17.2 Å². The first-order valence-electron chi connectivity index (χ1n) is 7.41. The molecule has 3 aromatic carbocycles. The van der Waals surface area contributed by atoms with Crippen LogP contribution in [0, 0.1) is 0 Å². The number of aromatic hydroxyl groups is 1. The summed E-state index contributed by atoms with van der Waals surface area (Å²) < 4.78 is 0. The quantitative estimate of drug-likeness (QED) is 0.538. The highest BCUT2D eigenvalue weighted by molar-refractivity contribution is 6.03. The first kappa shape index (κ1) is 13.5. The second kappa shape index (κ2) is 5.54. The number of pyridine rings is 1. The Morgan fingerprint density at radius 1 is 0.870 bits per heavy atom. The number of para-hydroxylation sites is 1. The van der Waals surface area contributed by atoms with Gasteiger partial charge in [0.1, 0.15) is 5.75 Å². The molecule has 0 unspecified atom stereocenters. The number of hydrogen-bond acceptors (Lipinski definition) is 3. The number of hydrogen-bond donors (Lipinski definition) is 1. The molecule has 0 aliphatic heterocycles. The smallest absolute Gasteiger partial charge is 0.124 e. The summed E-state index contributed by atoms with van der Waals surface area (Å²) in [6, 6.07) is 21.4. The number of aliphatic imine (C=N–C) groups is 1. The number of phenolic OH excluding ortho intramolecular Hbond substituents is 1. The fraction of sp³-hybridized carbons (Fsp3) is 0. The van der Waals surface area contributed by atoms with Crippen molar-refractivity contribution in [1.82, 2.24) is 4.98 Å². The van der Waals surface area contributed by atoms with Gasteiger partial charge < -0.3 is 5.11 Å². The van der Waals surface area contributed by atoms with Crippen molar-refractivity contribution in [1.29, 1.82) is 0 Å². The van der Waals surface area contributed by atoms with E-state index in [-0.39, 0.29) is 5.75 Å². The lowest BCUT2D eigenvalue weighted by atomic mass is 10.0.